The minimum Gasteiger partial charge on any atom is -0.395 e. The number of nitrogens with one attached hydrogen (secondary N) is 1. The van der Waals surface area contributed by atoms with Gasteiger partial charge in [0.15, 0.2) is 5.17 Å². The fraction of sp³-hybridized carbons (Fsp3) is 0.833. The number of rotatable bonds is 2. The van der Waals surface area contributed by atoms with Crippen molar-refractivity contribution in [3.63, 3.8) is 0 Å². The highest BCUT2D eigenvalue weighted by atomic mass is 32.2. The van der Waals surface area contributed by atoms with Gasteiger partial charge in [0.1, 0.15) is 0 Å². The van der Waals surface area contributed by atoms with E-state index in [2.05, 4.69) is 10.3 Å². The normalized spacial score (nSPS) is 19.3. The van der Waals surface area contributed by atoms with Crippen molar-refractivity contribution in [1.29, 1.82) is 0 Å². The van der Waals surface area contributed by atoms with Crippen LogP contribution in [0.2, 0.25) is 0 Å². The van der Waals surface area contributed by atoms with Gasteiger partial charge in [-0.3, -0.25) is 4.90 Å². The highest BCUT2D eigenvalue weighted by molar-refractivity contribution is 8.13. The highest BCUT2D eigenvalue weighted by Gasteiger charge is 2.09. The average Bonchev–Trinajstić information content (AvgIpc) is 2.07. The van der Waals surface area contributed by atoms with Gasteiger partial charge in [0, 0.05) is 6.54 Å². The first kappa shape index (κ1) is 8.83. The predicted octanol–water partition coefficient (Wildman–Crippen LogP) is -0.482. The van der Waals surface area contributed by atoms with Gasteiger partial charge in [-0.15, -0.1) is 0 Å². The molecule has 5 heteroatoms. The maximum absolute atomic E-state index is 8.62. The standard InChI is InChI=1S/C6H13N3OS/c1-11-6-7-4-9(2-3-10)5-8-6/h10H,2-5H2,1H3,(H,7,8). The Balaban J connectivity index is 2.29. The second kappa shape index (κ2) is 4.58. The molecule has 0 aromatic heterocycles. The summed E-state index contributed by atoms with van der Waals surface area (Å²) in [5.74, 6) is 0. The third-order valence-electron chi connectivity index (χ3n) is 1.48. The quantitative estimate of drug-likeness (QED) is 0.595. The van der Waals surface area contributed by atoms with Crippen molar-refractivity contribution in [2.24, 2.45) is 4.99 Å². The lowest BCUT2D eigenvalue weighted by Crippen LogP contribution is -2.42. The third-order valence-corrected chi connectivity index (χ3v) is 2.14. The summed E-state index contributed by atoms with van der Waals surface area (Å²) in [7, 11) is 0. The lowest BCUT2D eigenvalue weighted by Gasteiger charge is -2.24. The maximum atomic E-state index is 8.62. The molecule has 1 heterocycles. The van der Waals surface area contributed by atoms with Gasteiger partial charge in [-0.1, -0.05) is 11.8 Å². The van der Waals surface area contributed by atoms with Crippen molar-refractivity contribution in [2.75, 3.05) is 32.7 Å². The smallest absolute Gasteiger partial charge is 0.158 e. The summed E-state index contributed by atoms with van der Waals surface area (Å²) < 4.78 is 0. The van der Waals surface area contributed by atoms with Crippen molar-refractivity contribution < 1.29 is 5.11 Å². The van der Waals surface area contributed by atoms with Crippen molar-refractivity contribution in [3.05, 3.63) is 0 Å². The molecule has 0 atom stereocenters. The molecular formula is C6H13N3OS. The zero-order chi connectivity index (χ0) is 8.10. The Morgan fingerprint density at radius 1 is 1.82 bits per heavy atom. The summed E-state index contributed by atoms with van der Waals surface area (Å²) in [6.07, 6.45) is 1.99. The molecule has 64 valence electrons. The predicted molar refractivity (Wildman–Crippen MR) is 47.6 cm³/mol. The second-order valence-electron chi connectivity index (χ2n) is 2.26. The van der Waals surface area contributed by atoms with Crippen LogP contribution in [0.15, 0.2) is 4.99 Å². The first-order chi connectivity index (χ1) is 5.36. The molecule has 0 aromatic rings. The summed E-state index contributed by atoms with van der Waals surface area (Å²) >= 11 is 1.62. The monoisotopic (exact) mass is 175 g/mol. The number of thioether (sulfide) groups is 1. The summed E-state index contributed by atoms with van der Waals surface area (Å²) in [6.45, 7) is 2.38. The summed E-state index contributed by atoms with van der Waals surface area (Å²) in [5, 5.41) is 12.7. The maximum Gasteiger partial charge on any atom is 0.158 e. The van der Waals surface area contributed by atoms with E-state index in [9.17, 15) is 0 Å². The van der Waals surface area contributed by atoms with E-state index in [-0.39, 0.29) is 6.61 Å². The molecule has 0 amide bonds. The number of β-amino-alcohol motifs (C(OH)–C–C–N with tert-alkyl or cyclic N) is 1. The summed E-state index contributed by atoms with van der Waals surface area (Å²) in [5.41, 5.74) is 0. The molecule has 1 rings (SSSR count). The molecule has 1 aliphatic rings. The zero-order valence-electron chi connectivity index (χ0n) is 6.58. The molecule has 0 bridgehead atoms. The molecule has 0 aromatic carbocycles. The lowest BCUT2D eigenvalue weighted by atomic mass is 10.6. The van der Waals surface area contributed by atoms with Gasteiger partial charge in [-0.25, -0.2) is 4.99 Å². The molecule has 1 aliphatic heterocycles. The largest absolute Gasteiger partial charge is 0.395 e. The van der Waals surface area contributed by atoms with E-state index < -0.39 is 0 Å². The van der Waals surface area contributed by atoms with Gasteiger partial charge < -0.3 is 10.4 Å². The summed E-state index contributed by atoms with van der Waals surface area (Å²) in [6, 6.07) is 0. The van der Waals surface area contributed by atoms with E-state index in [1.807, 2.05) is 11.2 Å². The Morgan fingerprint density at radius 3 is 3.09 bits per heavy atom. The first-order valence-corrected chi connectivity index (χ1v) is 4.75. The van der Waals surface area contributed by atoms with E-state index in [1.165, 1.54) is 0 Å². The van der Waals surface area contributed by atoms with E-state index in [4.69, 9.17) is 5.11 Å². The van der Waals surface area contributed by atoms with Crippen LogP contribution in [-0.2, 0) is 0 Å². The SMILES string of the molecule is CSC1=NCN(CCO)CN1. The number of hydrogen-bond donors (Lipinski definition) is 2. The molecule has 2 N–H and O–H groups in total. The van der Waals surface area contributed by atoms with Crippen LogP contribution in [0.1, 0.15) is 0 Å². The van der Waals surface area contributed by atoms with E-state index in [0.717, 1.165) is 11.8 Å². The van der Waals surface area contributed by atoms with Gasteiger partial charge >= 0.3 is 0 Å². The number of hydrogen-bond acceptors (Lipinski definition) is 5. The van der Waals surface area contributed by atoms with Crippen LogP contribution in [0, 0.1) is 0 Å². The van der Waals surface area contributed by atoms with Gasteiger partial charge in [0.05, 0.1) is 19.9 Å². The number of nitrogens with zero attached hydrogens (tertiary/aromatic N) is 2. The van der Waals surface area contributed by atoms with Crippen molar-refractivity contribution in [2.45, 2.75) is 0 Å². The highest BCUT2D eigenvalue weighted by Crippen LogP contribution is 2.00. The van der Waals surface area contributed by atoms with Crippen LogP contribution in [0.25, 0.3) is 0 Å². The van der Waals surface area contributed by atoms with Crippen LogP contribution in [0.3, 0.4) is 0 Å². The molecule has 0 aliphatic carbocycles. The number of aliphatic hydroxyl groups excluding tert-OH is 1. The Labute approximate surface area is 70.7 Å². The minimum absolute atomic E-state index is 0.200. The molecule has 0 unspecified atom stereocenters. The molecule has 4 nitrogen and oxygen atoms in total. The first-order valence-electron chi connectivity index (χ1n) is 3.52. The number of aliphatic hydroxyl groups is 1. The van der Waals surface area contributed by atoms with Crippen molar-refractivity contribution >= 4 is 16.9 Å². The molecule has 0 saturated carbocycles. The molecule has 0 saturated heterocycles. The molecule has 0 spiro atoms. The van der Waals surface area contributed by atoms with Gasteiger partial charge in [-0.2, -0.15) is 0 Å². The van der Waals surface area contributed by atoms with Crippen LogP contribution >= 0.6 is 11.8 Å². The van der Waals surface area contributed by atoms with Crippen molar-refractivity contribution in [3.8, 4) is 0 Å². The average molecular weight is 175 g/mol. The Hall–Kier alpha value is -0.260. The summed E-state index contributed by atoms with van der Waals surface area (Å²) in [4.78, 5) is 6.27. The van der Waals surface area contributed by atoms with E-state index >= 15 is 0 Å². The van der Waals surface area contributed by atoms with Gasteiger partial charge in [0.2, 0.25) is 0 Å². The molecule has 0 fully saturated rings. The van der Waals surface area contributed by atoms with Crippen LogP contribution in [-0.4, -0.2) is 47.9 Å². The number of amidine groups is 1. The van der Waals surface area contributed by atoms with Gasteiger partial charge in [-0.05, 0) is 6.26 Å². The zero-order valence-corrected chi connectivity index (χ0v) is 7.39. The minimum atomic E-state index is 0.200. The topological polar surface area (TPSA) is 47.9 Å². The lowest BCUT2D eigenvalue weighted by molar-refractivity contribution is 0.192. The van der Waals surface area contributed by atoms with Gasteiger partial charge in [0.25, 0.3) is 0 Å². The molecular weight excluding hydrogens is 162 g/mol. The second-order valence-corrected chi connectivity index (χ2v) is 3.06. The van der Waals surface area contributed by atoms with Crippen LogP contribution < -0.4 is 5.32 Å². The molecule has 11 heavy (non-hydrogen) atoms. The fourth-order valence-electron chi connectivity index (χ4n) is 0.877. The molecule has 0 radical (unpaired) electrons. The Morgan fingerprint density at radius 2 is 2.64 bits per heavy atom. The fourth-order valence-corrected chi connectivity index (χ4v) is 1.27. The van der Waals surface area contributed by atoms with E-state index in [1.54, 1.807) is 11.8 Å². The van der Waals surface area contributed by atoms with Crippen LogP contribution in [0.5, 0.6) is 0 Å². The van der Waals surface area contributed by atoms with E-state index in [0.29, 0.717) is 13.2 Å². The van der Waals surface area contributed by atoms with Crippen LogP contribution in [0.4, 0.5) is 0 Å². The Kier molecular flexibility index (Phi) is 3.68. The van der Waals surface area contributed by atoms with Crippen molar-refractivity contribution in [1.82, 2.24) is 10.2 Å². The Bertz CT molecular complexity index is 151. The number of aliphatic imine (C=N–C) groups is 1. The third kappa shape index (κ3) is 2.69.